The van der Waals surface area contributed by atoms with Crippen molar-refractivity contribution >= 4 is 18.3 Å². The quantitative estimate of drug-likeness (QED) is 0.906. The lowest BCUT2D eigenvalue weighted by atomic mass is 10.0. The fourth-order valence-corrected chi connectivity index (χ4v) is 2.87. The fraction of sp³-hybridized carbons (Fsp3) is 0.500. The van der Waals surface area contributed by atoms with E-state index >= 15 is 0 Å². The van der Waals surface area contributed by atoms with E-state index in [1.54, 1.807) is 24.5 Å². The third-order valence-electron chi connectivity index (χ3n) is 3.97. The summed E-state index contributed by atoms with van der Waals surface area (Å²) in [4.78, 5) is 14.7. The second-order valence-corrected chi connectivity index (χ2v) is 5.53. The zero-order valence-corrected chi connectivity index (χ0v) is 14.0. The van der Waals surface area contributed by atoms with Crippen LogP contribution < -0.4 is 5.32 Å². The number of carbonyl (C=O) groups excluding carboxylic acids is 1. The molecule has 0 saturated carbocycles. The van der Waals surface area contributed by atoms with Crippen LogP contribution in [0.3, 0.4) is 0 Å². The Bertz CT molecular complexity index is 606. The predicted octanol–water partition coefficient (Wildman–Crippen LogP) is 2.96. The molecular formula is C16H22ClN3O3. The van der Waals surface area contributed by atoms with Crippen LogP contribution in [0.15, 0.2) is 33.4 Å². The van der Waals surface area contributed by atoms with Gasteiger partial charge >= 0.3 is 0 Å². The third-order valence-corrected chi connectivity index (χ3v) is 3.97. The zero-order chi connectivity index (χ0) is 15.4. The number of rotatable bonds is 5. The van der Waals surface area contributed by atoms with Crippen molar-refractivity contribution < 1.29 is 13.7 Å². The first-order valence-electron chi connectivity index (χ1n) is 7.82. The van der Waals surface area contributed by atoms with E-state index in [4.69, 9.17) is 8.94 Å². The number of amides is 1. The summed E-state index contributed by atoms with van der Waals surface area (Å²) >= 11 is 0. The van der Waals surface area contributed by atoms with Crippen LogP contribution in [0.25, 0.3) is 11.5 Å². The summed E-state index contributed by atoms with van der Waals surface area (Å²) in [6, 6.07) is 5.49. The van der Waals surface area contributed by atoms with Gasteiger partial charge in [-0.3, -0.25) is 4.79 Å². The molecule has 1 aliphatic rings. The molecule has 3 rings (SSSR count). The van der Waals surface area contributed by atoms with Crippen LogP contribution in [-0.2, 0) is 0 Å². The summed E-state index contributed by atoms with van der Waals surface area (Å²) in [6.07, 6.45) is 4.46. The molecule has 0 spiro atoms. The topological polar surface area (TPSA) is 71.5 Å². The molecule has 0 radical (unpaired) electrons. The van der Waals surface area contributed by atoms with Gasteiger partial charge < -0.3 is 19.2 Å². The molecule has 2 aromatic rings. The van der Waals surface area contributed by atoms with Gasteiger partial charge in [-0.25, -0.2) is 0 Å². The maximum absolute atomic E-state index is 12.8. The molecule has 6 nitrogen and oxygen atoms in total. The molecular weight excluding hydrogens is 318 g/mol. The smallest absolute Gasteiger partial charge is 0.276 e. The van der Waals surface area contributed by atoms with Crippen molar-refractivity contribution in [3.63, 3.8) is 0 Å². The summed E-state index contributed by atoms with van der Waals surface area (Å²) in [7, 11) is 0. The largest absolute Gasteiger partial charge is 0.461 e. The average Bonchev–Trinajstić information content (AvgIpc) is 3.23. The first-order valence-corrected chi connectivity index (χ1v) is 7.82. The van der Waals surface area contributed by atoms with Crippen LogP contribution in [0.4, 0.5) is 0 Å². The van der Waals surface area contributed by atoms with Crippen LogP contribution in [0.2, 0.25) is 0 Å². The van der Waals surface area contributed by atoms with Crippen LogP contribution in [0, 0.1) is 0 Å². The second kappa shape index (κ2) is 8.17. The Morgan fingerprint density at radius 2 is 2.17 bits per heavy atom. The van der Waals surface area contributed by atoms with Gasteiger partial charge in [0.25, 0.3) is 5.91 Å². The number of carbonyl (C=O) groups is 1. The molecule has 0 aliphatic carbocycles. The molecule has 1 fully saturated rings. The Labute approximate surface area is 141 Å². The Morgan fingerprint density at radius 1 is 1.39 bits per heavy atom. The highest BCUT2D eigenvalue weighted by Gasteiger charge is 2.27. The van der Waals surface area contributed by atoms with E-state index in [2.05, 4.69) is 17.4 Å². The molecule has 1 aliphatic heterocycles. The summed E-state index contributed by atoms with van der Waals surface area (Å²) in [5.41, 5.74) is 0.346. The standard InChI is InChI=1S/C16H21N3O3.ClH/c1-2-9-19(12-5-7-17-8-6-12)16(20)13-11-15(22-18-13)14-4-3-10-21-14;/h3-4,10-12,17H,2,5-9H2,1H3;1H. The maximum Gasteiger partial charge on any atom is 0.276 e. The van der Waals surface area contributed by atoms with E-state index in [1.165, 1.54) is 0 Å². The maximum atomic E-state index is 12.8. The molecule has 0 aromatic carbocycles. The number of aromatic nitrogens is 1. The van der Waals surface area contributed by atoms with Crippen molar-refractivity contribution in [2.75, 3.05) is 19.6 Å². The third kappa shape index (κ3) is 3.95. The van der Waals surface area contributed by atoms with Gasteiger partial charge in [-0.15, -0.1) is 12.4 Å². The number of halogens is 1. The highest BCUT2D eigenvalue weighted by atomic mass is 35.5. The molecule has 1 amide bonds. The van der Waals surface area contributed by atoms with E-state index in [0.717, 1.165) is 38.9 Å². The van der Waals surface area contributed by atoms with Crippen LogP contribution in [0.5, 0.6) is 0 Å². The van der Waals surface area contributed by atoms with Gasteiger partial charge in [-0.1, -0.05) is 12.1 Å². The first-order chi connectivity index (χ1) is 10.8. The average molecular weight is 340 g/mol. The normalized spacial score (nSPS) is 15.2. The molecule has 0 bridgehead atoms. The van der Waals surface area contributed by atoms with E-state index in [9.17, 15) is 4.79 Å². The molecule has 126 valence electrons. The van der Waals surface area contributed by atoms with Crippen molar-refractivity contribution in [3.8, 4) is 11.5 Å². The summed E-state index contributed by atoms with van der Waals surface area (Å²) < 4.78 is 10.5. The SMILES string of the molecule is CCCN(C(=O)c1cc(-c2ccco2)on1)C1CCNCC1.Cl. The number of nitrogens with one attached hydrogen (secondary N) is 1. The van der Waals surface area contributed by atoms with Gasteiger partial charge in [-0.2, -0.15) is 0 Å². The fourth-order valence-electron chi connectivity index (χ4n) is 2.87. The molecule has 23 heavy (non-hydrogen) atoms. The minimum Gasteiger partial charge on any atom is -0.461 e. The minimum atomic E-state index is -0.0599. The van der Waals surface area contributed by atoms with Crippen molar-refractivity contribution in [1.29, 1.82) is 0 Å². The van der Waals surface area contributed by atoms with Gasteiger partial charge in [0, 0.05) is 18.7 Å². The van der Waals surface area contributed by atoms with Gasteiger partial charge in [0.05, 0.1) is 6.26 Å². The van der Waals surface area contributed by atoms with Crippen molar-refractivity contribution in [2.45, 2.75) is 32.2 Å². The number of piperidine rings is 1. The van der Waals surface area contributed by atoms with Gasteiger partial charge in [-0.05, 0) is 44.5 Å². The zero-order valence-electron chi connectivity index (χ0n) is 13.2. The molecule has 0 atom stereocenters. The van der Waals surface area contributed by atoms with Crippen LogP contribution >= 0.6 is 12.4 Å². The van der Waals surface area contributed by atoms with E-state index in [-0.39, 0.29) is 24.4 Å². The highest BCUT2D eigenvalue weighted by Crippen LogP contribution is 2.22. The number of furan rings is 1. The summed E-state index contributed by atoms with van der Waals surface area (Å²) in [5.74, 6) is 1.00. The number of hydrogen-bond donors (Lipinski definition) is 1. The Hall–Kier alpha value is -1.79. The van der Waals surface area contributed by atoms with E-state index < -0.39 is 0 Å². The molecule has 0 unspecified atom stereocenters. The Kier molecular flexibility index (Phi) is 6.24. The Morgan fingerprint density at radius 3 is 2.83 bits per heavy atom. The minimum absolute atomic E-state index is 0. The molecule has 1 saturated heterocycles. The molecule has 1 N–H and O–H groups in total. The lowest BCUT2D eigenvalue weighted by molar-refractivity contribution is 0.0632. The first kappa shape index (κ1) is 17.6. The monoisotopic (exact) mass is 339 g/mol. The molecule has 2 aromatic heterocycles. The van der Waals surface area contributed by atoms with Gasteiger partial charge in [0.2, 0.25) is 5.76 Å². The number of nitrogens with zero attached hydrogens (tertiary/aromatic N) is 2. The summed E-state index contributed by atoms with van der Waals surface area (Å²) in [6.45, 7) is 4.73. The van der Waals surface area contributed by atoms with Crippen molar-refractivity contribution in [3.05, 3.63) is 30.2 Å². The lowest BCUT2D eigenvalue weighted by Crippen LogP contribution is -2.46. The van der Waals surface area contributed by atoms with Crippen LogP contribution in [0.1, 0.15) is 36.7 Å². The Balaban J connectivity index is 0.00000192. The van der Waals surface area contributed by atoms with E-state index in [1.807, 2.05) is 4.90 Å². The van der Waals surface area contributed by atoms with Crippen molar-refractivity contribution in [2.24, 2.45) is 0 Å². The highest BCUT2D eigenvalue weighted by molar-refractivity contribution is 5.93. The molecule has 3 heterocycles. The second-order valence-electron chi connectivity index (χ2n) is 5.53. The van der Waals surface area contributed by atoms with Gasteiger partial charge in [0.15, 0.2) is 11.5 Å². The van der Waals surface area contributed by atoms with E-state index in [0.29, 0.717) is 17.2 Å². The lowest BCUT2D eigenvalue weighted by Gasteiger charge is -2.34. The number of hydrogen-bond acceptors (Lipinski definition) is 5. The molecule has 7 heteroatoms. The van der Waals surface area contributed by atoms with Crippen LogP contribution in [-0.4, -0.2) is 41.6 Å². The predicted molar refractivity (Wildman–Crippen MR) is 88.7 cm³/mol. The van der Waals surface area contributed by atoms with Crippen molar-refractivity contribution in [1.82, 2.24) is 15.4 Å². The summed E-state index contributed by atoms with van der Waals surface area (Å²) in [5, 5.41) is 7.26. The van der Waals surface area contributed by atoms with Gasteiger partial charge in [0.1, 0.15) is 0 Å².